The van der Waals surface area contributed by atoms with E-state index in [0.29, 0.717) is 12.3 Å². The first-order valence-electron chi connectivity index (χ1n) is 5.58. The van der Waals surface area contributed by atoms with Crippen molar-refractivity contribution in [3.8, 4) is 17.2 Å². The number of aromatic hydroxyl groups is 1. The quantitative estimate of drug-likeness (QED) is 0.794. The van der Waals surface area contributed by atoms with Gasteiger partial charge in [-0.15, -0.1) is 0 Å². The largest absolute Gasteiger partial charge is 0.508 e. The molecule has 4 nitrogen and oxygen atoms in total. The summed E-state index contributed by atoms with van der Waals surface area (Å²) in [6.07, 6.45) is 3.30. The Morgan fingerprint density at radius 1 is 1.31 bits per heavy atom. The van der Waals surface area contributed by atoms with E-state index in [9.17, 15) is 5.11 Å². The molecule has 3 rings (SSSR count). The fourth-order valence-electron chi connectivity index (χ4n) is 2.58. The molecule has 2 aliphatic rings. The molecule has 0 spiro atoms. The number of phenolic OH excluding ortho intramolecular Hbond substituents is 1. The maximum Gasteiger partial charge on any atom is 0.231 e. The van der Waals surface area contributed by atoms with E-state index >= 15 is 0 Å². The monoisotopic (exact) mass is 221 g/mol. The zero-order chi connectivity index (χ0) is 11.2. The Kier molecular flexibility index (Phi) is 2.01. The number of nitrogens with two attached hydrogens (primary N) is 1. The first kappa shape index (κ1) is 9.78. The van der Waals surface area contributed by atoms with Crippen LogP contribution in [-0.2, 0) is 5.41 Å². The number of phenols is 1. The molecule has 0 unspecified atom stereocenters. The van der Waals surface area contributed by atoms with Gasteiger partial charge in [-0.3, -0.25) is 0 Å². The summed E-state index contributed by atoms with van der Waals surface area (Å²) < 4.78 is 10.8. The van der Waals surface area contributed by atoms with Crippen LogP contribution in [0, 0.1) is 0 Å². The van der Waals surface area contributed by atoms with Gasteiger partial charge in [-0.2, -0.15) is 0 Å². The third-order valence-corrected chi connectivity index (χ3v) is 3.73. The molecule has 0 atom stereocenters. The third kappa shape index (κ3) is 1.19. The number of fused-ring (bicyclic) bond motifs is 1. The molecule has 0 radical (unpaired) electrons. The van der Waals surface area contributed by atoms with E-state index in [1.165, 1.54) is 6.42 Å². The minimum atomic E-state index is -0.0173. The van der Waals surface area contributed by atoms with E-state index in [0.717, 1.165) is 24.2 Å². The van der Waals surface area contributed by atoms with Crippen LogP contribution >= 0.6 is 0 Å². The highest BCUT2D eigenvalue weighted by Crippen LogP contribution is 2.51. The van der Waals surface area contributed by atoms with E-state index in [4.69, 9.17) is 15.2 Å². The van der Waals surface area contributed by atoms with Gasteiger partial charge >= 0.3 is 0 Å². The average Bonchev–Trinajstić information content (AvgIpc) is 2.64. The Balaban J connectivity index is 2.13. The Bertz CT molecular complexity index is 421. The summed E-state index contributed by atoms with van der Waals surface area (Å²) in [5.41, 5.74) is 6.86. The minimum absolute atomic E-state index is 0.0173. The second-order valence-corrected chi connectivity index (χ2v) is 4.57. The lowest BCUT2D eigenvalue weighted by Gasteiger charge is -2.41. The highest BCUT2D eigenvalue weighted by molar-refractivity contribution is 5.56. The normalized spacial score (nSPS) is 20.6. The summed E-state index contributed by atoms with van der Waals surface area (Å²) >= 11 is 0. The van der Waals surface area contributed by atoms with Gasteiger partial charge in [0.15, 0.2) is 11.5 Å². The van der Waals surface area contributed by atoms with Crippen LogP contribution in [-0.4, -0.2) is 18.4 Å². The van der Waals surface area contributed by atoms with Crippen LogP contribution in [0.3, 0.4) is 0 Å². The van der Waals surface area contributed by atoms with Crippen LogP contribution in [0.4, 0.5) is 0 Å². The Hall–Kier alpha value is -1.42. The standard InChI is InChI=1S/C12H15NO3/c13-6-12(2-1-3-12)9-4-8(14)5-10-11(9)16-7-15-10/h4-5,14H,1-3,6-7,13H2. The summed E-state index contributed by atoms with van der Waals surface area (Å²) in [5, 5.41) is 9.68. The maximum absolute atomic E-state index is 9.68. The lowest BCUT2D eigenvalue weighted by molar-refractivity contribution is 0.168. The Labute approximate surface area is 94.0 Å². The van der Waals surface area contributed by atoms with Crippen molar-refractivity contribution in [2.24, 2.45) is 5.73 Å². The van der Waals surface area contributed by atoms with Crippen molar-refractivity contribution in [2.45, 2.75) is 24.7 Å². The summed E-state index contributed by atoms with van der Waals surface area (Å²) in [5.74, 6) is 1.62. The molecular weight excluding hydrogens is 206 g/mol. The van der Waals surface area contributed by atoms with Crippen molar-refractivity contribution in [1.82, 2.24) is 0 Å². The molecule has 0 amide bonds. The molecule has 1 aromatic carbocycles. The van der Waals surface area contributed by atoms with E-state index in [1.807, 2.05) is 0 Å². The number of ether oxygens (including phenoxy) is 2. The zero-order valence-corrected chi connectivity index (χ0v) is 9.03. The molecule has 1 saturated carbocycles. The first-order chi connectivity index (χ1) is 7.75. The predicted octanol–water partition coefficient (Wildman–Crippen LogP) is 1.50. The molecule has 1 fully saturated rings. The molecule has 4 heteroatoms. The van der Waals surface area contributed by atoms with Crippen molar-refractivity contribution in [3.63, 3.8) is 0 Å². The minimum Gasteiger partial charge on any atom is -0.508 e. The number of rotatable bonds is 2. The predicted molar refractivity (Wildman–Crippen MR) is 58.8 cm³/mol. The van der Waals surface area contributed by atoms with Crippen molar-refractivity contribution in [3.05, 3.63) is 17.7 Å². The van der Waals surface area contributed by atoms with Crippen LogP contribution in [0.1, 0.15) is 24.8 Å². The SMILES string of the molecule is NCC1(c2cc(O)cc3c2OCO3)CCC1. The molecule has 1 aliphatic carbocycles. The molecule has 0 saturated heterocycles. The number of benzene rings is 1. The first-order valence-corrected chi connectivity index (χ1v) is 5.58. The highest BCUT2D eigenvalue weighted by Gasteiger charge is 2.41. The highest BCUT2D eigenvalue weighted by atomic mass is 16.7. The van der Waals surface area contributed by atoms with Crippen LogP contribution < -0.4 is 15.2 Å². The summed E-state index contributed by atoms with van der Waals surface area (Å²) in [6.45, 7) is 0.818. The molecule has 0 bridgehead atoms. The maximum atomic E-state index is 9.68. The van der Waals surface area contributed by atoms with Gasteiger partial charge in [0, 0.05) is 23.6 Å². The smallest absolute Gasteiger partial charge is 0.231 e. The Morgan fingerprint density at radius 2 is 2.12 bits per heavy atom. The van der Waals surface area contributed by atoms with Crippen LogP contribution in [0.5, 0.6) is 17.2 Å². The topological polar surface area (TPSA) is 64.7 Å². The van der Waals surface area contributed by atoms with Gasteiger partial charge in [0.2, 0.25) is 6.79 Å². The van der Waals surface area contributed by atoms with Crippen LogP contribution in [0.15, 0.2) is 12.1 Å². The van der Waals surface area contributed by atoms with Crippen LogP contribution in [0.2, 0.25) is 0 Å². The molecule has 0 aromatic heterocycles. The van der Waals surface area contributed by atoms with Gasteiger partial charge in [0.25, 0.3) is 0 Å². The van der Waals surface area contributed by atoms with Gasteiger partial charge in [-0.05, 0) is 18.9 Å². The Morgan fingerprint density at radius 3 is 2.75 bits per heavy atom. The lowest BCUT2D eigenvalue weighted by Crippen LogP contribution is -2.41. The second kappa shape index (κ2) is 3.28. The van der Waals surface area contributed by atoms with Gasteiger partial charge in [-0.25, -0.2) is 0 Å². The molecule has 16 heavy (non-hydrogen) atoms. The molecule has 3 N–H and O–H groups in total. The summed E-state index contributed by atoms with van der Waals surface area (Å²) in [7, 11) is 0. The van der Waals surface area contributed by atoms with Gasteiger partial charge < -0.3 is 20.3 Å². The lowest BCUT2D eigenvalue weighted by atomic mass is 9.64. The van der Waals surface area contributed by atoms with Gasteiger partial charge in [0.05, 0.1) is 0 Å². The number of hydrogen-bond acceptors (Lipinski definition) is 4. The average molecular weight is 221 g/mol. The second-order valence-electron chi connectivity index (χ2n) is 4.57. The number of hydrogen-bond donors (Lipinski definition) is 2. The van der Waals surface area contributed by atoms with E-state index in [-0.39, 0.29) is 18.0 Å². The van der Waals surface area contributed by atoms with E-state index in [1.54, 1.807) is 12.1 Å². The molecule has 1 heterocycles. The third-order valence-electron chi connectivity index (χ3n) is 3.73. The molecule has 86 valence electrons. The summed E-state index contributed by atoms with van der Waals surface area (Å²) in [4.78, 5) is 0. The van der Waals surface area contributed by atoms with Crippen molar-refractivity contribution in [2.75, 3.05) is 13.3 Å². The molecular formula is C12H15NO3. The van der Waals surface area contributed by atoms with Crippen molar-refractivity contribution >= 4 is 0 Å². The van der Waals surface area contributed by atoms with E-state index < -0.39 is 0 Å². The van der Waals surface area contributed by atoms with Crippen molar-refractivity contribution in [1.29, 1.82) is 0 Å². The van der Waals surface area contributed by atoms with Crippen molar-refractivity contribution < 1.29 is 14.6 Å². The van der Waals surface area contributed by atoms with Gasteiger partial charge in [-0.1, -0.05) is 6.42 Å². The molecule has 1 aromatic rings. The fourth-order valence-corrected chi connectivity index (χ4v) is 2.58. The van der Waals surface area contributed by atoms with Gasteiger partial charge in [0.1, 0.15) is 5.75 Å². The van der Waals surface area contributed by atoms with E-state index in [2.05, 4.69) is 0 Å². The summed E-state index contributed by atoms with van der Waals surface area (Å²) in [6, 6.07) is 3.36. The zero-order valence-electron chi connectivity index (χ0n) is 9.03. The fraction of sp³-hybridized carbons (Fsp3) is 0.500. The van der Waals surface area contributed by atoms with Crippen LogP contribution in [0.25, 0.3) is 0 Å². The molecule has 1 aliphatic heterocycles.